The smallest absolute Gasteiger partial charge is 0.305 e. The van der Waals surface area contributed by atoms with Crippen LogP contribution in [0.3, 0.4) is 0 Å². The minimum atomic E-state index is -0.664. The molecule has 0 aliphatic heterocycles. The molecule has 0 fully saturated rings. The number of hydrogen-bond donors (Lipinski definition) is 3. The van der Waals surface area contributed by atoms with Gasteiger partial charge in [-0.25, -0.2) is 0 Å². The number of ether oxygens (including phenoxy) is 1. The van der Waals surface area contributed by atoms with Gasteiger partial charge < -0.3 is 20.3 Å². The molecule has 0 spiro atoms. The van der Waals surface area contributed by atoms with Crippen molar-refractivity contribution in [3.8, 4) is 0 Å². The van der Waals surface area contributed by atoms with Gasteiger partial charge in [-0.1, -0.05) is 399 Å². The van der Waals surface area contributed by atoms with Crippen LogP contribution in [0.25, 0.3) is 0 Å². The SMILES string of the molecule is CCCCCCCCCCCCCCCCCCCCCCCC(O)C(CO)NC(=O)CCCCCCCCCCCCCCCCCCCCCCCCCOC(=O)CCCCCCCCCCCCCCCCCCCCC. The summed E-state index contributed by atoms with van der Waals surface area (Å²) in [7, 11) is 0. The van der Waals surface area contributed by atoms with Gasteiger partial charge in [-0.15, -0.1) is 0 Å². The number of carbonyl (C=O) groups is 2. The maximum atomic E-state index is 12.6. The molecule has 0 aromatic heterocycles. The molecule has 6 heteroatoms. The zero-order chi connectivity index (χ0) is 57.8. The summed E-state index contributed by atoms with van der Waals surface area (Å²) in [6.45, 7) is 5.01. The second-order valence-electron chi connectivity index (χ2n) is 26.0. The van der Waals surface area contributed by atoms with E-state index in [0.717, 1.165) is 38.5 Å². The Bertz CT molecular complexity index is 1160. The number of amides is 1. The summed E-state index contributed by atoms with van der Waals surface area (Å²) in [5.41, 5.74) is 0. The molecule has 2 unspecified atom stereocenters. The first kappa shape index (κ1) is 78.9. The van der Waals surface area contributed by atoms with E-state index in [0.29, 0.717) is 25.9 Å². The van der Waals surface area contributed by atoms with E-state index >= 15 is 0 Å². The first-order valence-electron chi connectivity index (χ1n) is 37.3. The first-order chi connectivity index (χ1) is 39.5. The first-order valence-corrected chi connectivity index (χ1v) is 37.3. The average molecular weight is 1130 g/mol. The zero-order valence-electron chi connectivity index (χ0n) is 54.9. The Morgan fingerprint density at radius 2 is 0.512 bits per heavy atom. The Hall–Kier alpha value is -1.14. The van der Waals surface area contributed by atoms with Gasteiger partial charge in [0.2, 0.25) is 5.91 Å². The lowest BCUT2D eigenvalue weighted by molar-refractivity contribution is -0.143. The highest BCUT2D eigenvalue weighted by Crippen LogP contribution is 2.20. The van der Waals surface area contributed by atoms with Gasteiger partial charge in [0.1, 0.15) is 0 Å². The number of rotatable bonds is 71. The predicted molar refractivity (Wildman–Crippen MR) is 352 cm³/mol. The molecule has 0 rings (SSSR count). The van der Waals surface area contributed by atoms with Crippen LogP contribution in [-0.4, -0.2) is 47.4 Å². The largest absolute Gasteiger partial charge is 0.466 e. The molecule has 0 aliphatic rings. The Balaban J connectivity index is 3.34. The minimum Gasteiger partial charge on any atom is -0.466 e. The van der Waals surface area contributed by atoms with Crippen LogP contribution in [0, 0.1) is 0 Å². The molecule has 0 saturated carbocycles. The average Bonchev–Trinajstić information content (AvgIpc) is 3.46. The van der Waals surface area contributed by atoms with Crippen molar-refractivity contribution in [2.24, 2.45) is 0 Å². The molecule has 0 bridgehead atoms. The number of hydrogen-bond acceptors (Lipinski definition) is 5. The maximum absolute atomic E-state index is 12.6. The molecule has 2 atom stereocenters. The van der Waals surface area contributed by atoms with Gasteiger partial charge in [0, 0.05) is 12.8 Å². The van der Waals surface area contributed by atoms with Crippen LogP contribution in [0.15, 0.2) is 0 Å². The van der Waals surface area contributed by atoms with Crippen molar-refractivity contribution in [3.05, 3.63) is 0 Å². The van der Waals surface area contributed by atoms with Crippen molar-refractivity contribution in [1.82, 2.24) is 5.32 Å². The van der Waals surface area contributed by atoms with Gasteiger partial charge in [0.05, 0.1) is 25.4 Å². The lowest BCUT2D eigenvalue weighted by Gasteiger charge is -2.22. The molecule has 80 heavy (non-hydrogen) atoms. The highest BCUT2D eigenvalue weighted by molar-refractivity contribution is 5.76. The Morgan fingerprint density at radius 3 is 0.762 bits per heavy atom. The van der Waals surface area contributed by atoms with Crippen molar-refractivity contribution in [2.75, 3.05) is 13.2 Å². The fourth-order valence-electron chi connectivity index (χ4n) is 12.2. The second-order valence-corrected chi connectivity index (χ2v) is 26.0. The standard InChI is InChI=1S/C74H147NO5/c1-3-5-7-9-11-13-15-17-19-21-23-27-31-34-38-42-46-50-54-58-62-66-72(77)71(70-76)75-73(78)67-63-59-55-51-47-43-39-35-32-28-25-24-26-29-33-37-41-45-49-53-57-61-65-69-80-74(79)68-64-60-56-52-48-44-40-36-30-22-20-18-16-14-12-10-8-6-4-2/h71-72,76-77H,3-70H2,1-2H3,(H,75,78). The van der Waals surface area contributed by atoms with Crippen LogP contribution >= 0.6 is 0 Å². The summed E-state index contributed by atoms with van der Waals surface area (Å²) in [5, 5.41) is 23.4. The van der Waals surface area contributed by atoms with Gasteiger partial charge in [-0.05, 0) is 25.7 Å². The number of esters is 1. The fraction of sp³-hybridized carbons (Fsp3) is 0.973. The van der Waals surface area contributed by atoms with E-state index in [2.05, 4.69) is 19.2 Å². The number of nitrogens with one attached hydrogen (secondary N) is 1. The van der Waals surface area contributed by atoms with Crippen molar-refractivity contribution in [3.63, 3.8) is 0 Å². The van der Waals surface area contributed by atoms with Crippen molar-refractivity contribution >= 4 is 11.9 Å². The molecule has 0 aromatic carbocycles. The van der Waals surface area contributed by atoms with Crippen molar-refractivity contribution in [1.29, 1.82) is 0 Å². The molecular formula is C74H147NO5. The normalized spacial score (nSPS) is 12.4. The monoisotopic (exact) mass is 1130 g/mol. The number of unbranched alkanes of at least 4 members (excludes halogenated alkanes) is 60. The molecular weight excluding hydrogens is 983 g/mol. The molecule has 0 aromatic rings. The lowest BCUT2D eigenvalue weighted by Crippen LogP contribution is -2.45. The zero-order valence-corrected chi connectivity index (χ0v) is 54.9. The quantitative estimate of drug-likeness (QED) is 0.0417. The summed E-state index contributed by atoms with van der Waals surface area (Å²) in [5.74, 6) is -0.00765. The molecule has 6 nitrogen and oxygen atoms in total. The van der Waals surface area contributed by atoms with Crippen molar-refractivity contribution < 1.29 is 24.5 Å². The molecule has 0 radical (unpaired) electrons. The third-order valence-electron chi connectivity index (χ3n) is 17.9. The minimum absolute atomic E-state index is 0.0210. The number of aliphatic hydroxyl groups is 2. The predicted octanol–water partition coefficient (Wildman–Crippen LogP) is 24.2. The van der Waals surface area contributed by atoms with Crippen LogP contribution in [0.1, 0.15) is 438 Å². The highest BCUT2D eigenvalue weighted by Gasteiger charge is 2.20. The van der Waals surface area contributed by atoms with Gasteiger partial charge >= 0.3 is 5.97 Å². The second kappa shape index (κ2) is 70.3. The third-order valence-corrected chi connectivity index (χ3v) is 17.9. The number of aliphatic hydroxyl groups excluding tert-OH is 2. The molecule has 0 aliphatic carbocycles. The Morgan fingerprint density at radius 1 is 0.300 bits per heavy atom. The topological polar surface area (TPSA) is 95.9 Å². The van der Waals surface area contributed by atoms with E-state index in [1.165, 1.54) is 366 Å². The van der Waals surface area contributed by atoms with Gasteiger partial charge in [-0.2, -0.15) is 0 Å². The fourth-order valence-corrected chi connectivity index (χ4v) is 12.2. The van der Waals surface area contributed by atoms with Gasteiger partial charge in [-0.3, -0.25) is 9.59 Å². The molecule has 3 N–H and O–H groups in total. The van der Waals surface area contributed by atoms with E-state index in [-0.39, 0.29) is 18.5 Å². The van der Waals surface area contributed by atoms with E-state index in [1.807, 2.05) is 0 Å². The summed E-state index contributed by atoms with van der Waals surface area (Å²) in [4.78, 5) is 24.7. The third kappa shape index (κ3) is 66.0. The van der Waals surface area contributed by atoms with Crippen molar-refractivity contribution in [2.45, 2.75) is 450 Å². The van der Waals surface area contributed by atoms with Crippen LogP contribution < -0.4 is 5.32 Å². The van der Waals surface area contributed by atoms with Crippen LogP contribution in [0.4, 0.5) is 0 Å². The lowest BCUT2D eigenvalue weighted by atomic mass is 10.0. The van der Waals surface area contributed by atoms with Crippen LogP contribution in [0.5, 0.6) is 0 Å². The van der Waals surface area contributed by atoms with E-state index in [9.17, 15) is 19.8 Å². The van der Waals surface area contributed by atoms with Gasteiger partial charge in [0.25, 0.3) is 0 Å². The summed E-state index contributed by atoms with van der Waals surface area (Å²) in [6, 6.07) is -0.541. The van der Waals surface area contributed by atoms with Crippen LogP contribution in [0.2, 0.25) is 0 Å². The Labute approximate surface area is 502 Å². The van der Waals surface area contributed by atoms with Gasteiger partial charge in [0.15, 0.2) is 0 Å². The summed E-state index contributed by atoms with van der Waals surface area (Å²) >= 11 is 0. The molecule has 1 amide bonds. The summed E-state index contributed by atoms with van der Waals surface area (Å²) < 4.78 is 5.52. The Kier molecular flexibility index (Phi) is 69.3. The highest BCUT2D eigenvalue weighted by atomic mass is 16.5. The molecule has 478 valence electrons. The molecule has 0 saturated heterocycles. The van der Waals surface area contributed by atoms with Crippen LogP contribution in [-0.2, 0) is 14.3 Å². The molecule has 0 heterocycles. The number of carbonyl (C=O) groups excluding carboxylic acids is 2. The van der Waals surface area contributed by atoms with E-state index in [4.69, 9.17) is 4.74 Å². The van der Waals surface area contributed by atoms with E-state index in [1.54, 1.807) is 0 Å². The maximum Gasteiger partial charge on any atom is 0.305 e. The summed E-state index contributed by atoms with van der Waals surface area (Å²) in [6.07, 6.45) is 85.9. The van der Waals surface area contributed by atoms with E-state index < -0.39 is 12.1 Å².